The second kappa shape index (κ2) is 8.89. The fraction of sp³-hybridized carbons (Fsp3) is 0.176. The van der Waals surface area contributed by atoms with Crippen molar-refractivity contribution in [3.05, 3.63) is 58.9 Å². The van der Waals surface area contributed by atoms with E-state index in [4.69, 9.17) is 21.1 Å². The Morgan fingerprint density at radius 1 is 1.00 bits per heavy atom. The number of benzene rings is 2. The third-order valence-electron chi connectivity index (χ3n) is 3.01. The minimum absolute atomic E-state index is 0.211. The van der Waals surface area contributed by atoms with Crippen LogP contribution in [-0.4, -0.2) is 25.0 Å². The zero-order valence-corrected chi connectivity index (χ0v) is 14.1. The first-order valence-corrected chi connectivity index (χ1v) is 7.67. The first-order valence-electron chi connectivity index (χ1n) is 7.29. The highest BCUT2D eigenvalue weighted by Gasteiger charge is 2.07. The maximum Gasteiger partial charge on any atom is 0.276 e. The van der Waals surface area contributed by atoms with E-state index < -0.39 is 17.6 Å². The molecular weight excluding hydrogens is 351 g/mol. The molecule has 0 atom stereocenters. The van der Waals surface area contributed by atoms with Gasteiger partial charge in [0, 0.05) is 11.1 Å². The van der Waals surface area contributed by atoms with Gasteiger partial charge in [-0.15, -0.1) is 0 Å². The van der Waals surface area contributed by atoms with Gasteiger partial charge in [0.25, 0.3) is 11.8 Å². The van der Waals surface area contributed by atoms with E-state index in [1.807, 2.05) is 6.92 Å². The van der Waals surface area contributed by atoms with Crippen molar-refractivity contribution in [3.63, 3.8) is 0 Å². The van der Waals surface area contributed by atoms with Gasteiger partial charge in [-0.3, -0.25) is 20.4 Å². The van der Waals surface area contributed by atoms with Gasteiger partial charge in [-0.1, -0.05) is 17.7 Å². The van der Waals surface area contributed by atoms with E-state index in [2.05, 4.69) is 10.9 Å². The van der Waals surface area contributed by atoms with Gasteiger partial charge in [-0.05, 0) is 42.8 Å². The van der Waals surface area contributed by atoms with E-state index in [1.54, 1.807) is 18.2 Å². The van der Waals surface area contributed by atoms with Gasteiger partial charge in [0.1, 0.15) is 17.3 Å². The van der Waals surface area contributed by atoms with Crippen LogP contribution in [0.5, 0.6) is 11.5 Å². The molecule has 0 unspecified atom stereocenters. The van der Waals surface area contributed by atoms with Crippen molar-refractivity contribution in [2.75, 3.05) is 13.2 Å². The molecule has 132 valence electrons. The number of aryl methyl sites for hydroxylation is 1. The first kappa shape index (κ1) is 18.5. The third-order valence-corrected chi connectivity index (χ3v) is 3.43. The number of carbonyl (C=O) groups is 2. The van der Waals surface area contributed by atoms with Crippen LogP contribution in [0.25, 0.3) is 0 Å². The summed E-state index contributed by atoms with van der Waals surface area (Å²) in [6, 6.07) is 10.4. The molecule has 0 spiro atoms. The van der Waals surface area contributed by atoms with Crippen LogP contribution >= 0.6 is 11.6 Å². The van der Waals surface area contributed by atoms with E-state index in [-0.39, 0.29) is 19.0 Å². The molecule has 0 aliphatic heterocycles. The topological polar surface area (TPSA) is 76.7 Å². The van der Waals surface area contributed by atoms with Gasteiger partial charge < -0.3 is 9.47 Å². The van der Waals surface area contributed by atoms with Gasteiger partial charge in [-0.25, -0.2) is 4.39 Å². The van der Waals surface area contributed by atoms with E-state index in [0.717, 1.165) is 11.6 Å². The van der Waals surface area contributed by atoms with Crippen LogP contribution in [0.3, 0.4) is 0 Å². The molecule has 25 heavy (non-hydrogen) atoms. The van der Waals surface area contributed by atoms with Crippen LogP contribution in [0, 0.1) is 12.7 Å². The molecule has 2 rings (SSSR count). The molecule has 0 heterocycles. The van der Waals surface area contributed by atoms with Gasteiger partial charge >= 0.3 is 0 Å². The second-order valence-corrected chi connectivity index (χ2v) is 5.45. The molecule has 0 radical (unpaired) electrons. The molecule has 8 heteroatoms. The molecule has 2 amide bonds. The normalized spacial score (nSPS) is 10.0. The lowest BCUT2D eigenvalue weighted by Gasteiger charge is -2.10. The lowest BCUT2D eigenvalue weighted by atomic mass is 10.2. The molecule has 0 aliphatic rings. The highest BCUT2D eigenvalue weighted by molar-refractivity contribution is 6.31. The molecule has 6 nitrogen and oxygen atoms in total. The average molecular weight is 367 g/mol. The summed E-state index contributed by atoms with van der Waals surface area (Å²) in [5.74, 6) is -0.923. The SMILES string of the molecule is Cc1cc(OCC(=O)NNC(=O)COc2cccc(F)c2)ccc1Cl. The molecule has 0 aromatic heterocycles. The lowest BCUT2D eigenvalue weighted by Crippen LogP contribution is -2.45. The minimum atomic E-state index is -0.597. The van der Waals surface area contributed by atoms with Crippen molar-refractivity contribution in [2.45, 2.75) is 6.92 Å². The van der Waals surface area contributed by atoms with E-state index in [0.29, 0.717) is 10.8 Å². The number of rotatable bonds is 6. The zero-order valence-electron chi connectivity index (χ0n) is 13.3. The quantitative estimate of drug-likeness (QED) is 0.770. The van der Waals surface area contributed by atoms with Crippen LogP contribution in [0.1, 0.15) is 5.56 Å². The average Bonchev–Trinajstić information content (AvgIpc) is 2.59. The lowest BCUT2D eigenvalue weighted by molar-refractivity contribution is -0.131. The molecule has 2 N–H and O–H groups in total. The van der Waals surface area contributed by atoms with E-state index in [1.165, 1.54) is 18.2 Å². The largest absolute Gasteiger partial charge is 0.484 e. The van der Waals surface area contributed by atoms with Crippen LogP contribution < -0.4 is 20.3 Å². The maximum absolute atomic E-state index is 13.0. The predicted molar refractivity (Wildman–Crippen MR) is 89.9 cm³/mol. The Morgan fingerprint density at radius 3 is 2.16 bits per heavy atom. The minimum Gasteiger partial charge on any atom is -0.484 e. The second-order valence-electron chi connectivity index (χ2n) is 5.04. The molecular formula is C17H16ClFN2O4. The Labute approximate surface area is 148 Å². The standard InChI is InChI=1S/C17H16ClFN2O4/c1-11-7-14(5-6-15(11)18)25-10-17(23)21-20-16(22)9-24-13-4-2-3-12(19)8-13/h2-8H,9-10H2,1H3,(H,20,22)(H,21,23). The Kier molecular flexibility index (Phi) is 6.59. The van der Waals surface area contributed by atoms with E-state index in [9.17, 15) is 14.0 Å². The Morgan fingerprint density at radius 2 is 1.60 bits per heavy atom. The Bertz CT molecular complexity index is 770. The fourth-order valence-electron chi connectivity index (χ4n) is 1.77. The summed E-state index contributed by atoms with van der Waals surface area (Å²) in [5.41, 5.74) is 5.17. The number of halogens is 2. The number of hydrogen-bond acceptors (Lipinski definition) is 4. The van der Waals surface area contributed by atoms with E-state index >= 15 is 0 Å². The number of hydrazine groups is 1. The zero-order chi connectivity index (χ0) is 18.2. The summed E-state index contributed by atoms with van der Waals surface area (Å²) < 4.78 is 23.3. The smallest absolute Gasteiger partial charge is 0.276 e. The number of amides is 2. The summed E-state index contributed by atoms with van der Waals surface area (Å²) in [7, 11) is 0. The van der Waals surface area contributed by atoms with Crippen molar-refractivity contribution in [1.82, 2.24) is 10.9 Å². The van der Waals surface area contributed by atoms with Crippen molar-refractivity contribution in [1.29, 1.82) is 0 Å². The first-order chi connectivity index (χ1) is 11.9. The summed E-state index contributed by atoms with van der Waals surface area (Å²) in [6.07, 6.45) is 0. The Hall–Kier alpha value is -2.80. The van der Waals surface area contributed by atoms with Crippen molar-refractivity contribution < 1.29 is 23.5 Å². The van der Waals surface area contributed by atoms with Crippen molar-refractivity contribution in [2.24, 2.45) is 0 Å². The number of nitrogens with one attached hydrogen (secondary N) is 2. The number of ether oxygens (including phenoxy) is 2. The highest BCUT2D eigenvalue weighted by atomic mass is 35.5. The molecule has 0 fully saturated rings. The van der Waals surface area contributed by atoms with Crippen LogP contribution in [0.2, 0.25) is 5.02 Å². The fourth-order valence-corrected chi connectivity index (χ4v) is 1.89. The van der Waals surface area contributed by atoms with Gasteiger partial charge in [0.15, 0.2) is 13.2 Å². The van der Waals surface area contributed by atoms with Gasteiger partial charge in [-0.2, -0.15) is 0 Å². The molecule has 0 aliphatic carbocycles. The van der Waals surface area contributed by atoms with Crippen LogP contribution in [0.15, 0.2) is 42.5 Å². The van der Waals surface area contributed by atoms with Crippen molar-refractivity contribution in [3.8, 4) is 11.5 Å². The molecule has 0 bridgehead atoms. The summed E-state index contributed by atoms with van der Waals surface area (Å²) >= 11 is 5.90. The predicted octanol–water partition coefficient (Wildman–Crippen LogP) is 2.39. The number of hydrogen-bond donors (Lipinski definition) is 2. The van der Waals surface area contributed by atoms with Crippen LogP contribution in [0.4, 0.5) is 4.39 Å². The van der Waals surface area contributed by atoms with Gasteiger partial charge in [0.05, 0.1) is 0 Å². The summed E-state index contributed by atoms with van der Waals surface area (Å²) in [6.45, 7) is 1.15. The van der Waals surface area contributed by atoms with Crippen molar-refractivity contribution >= 4 is 23.4 Å². The summed E-state index contributed by atoms with van der Waals surface area (Å²) in [5, 5.41) is 0.599. The third kappa shape index (κ3) is 6.31. The Balaban J connectivity index is 1.68. The highest BCUT2D eigenvalue weighted by Crippen LogP contribution is 2.20. The monoisotopic (exact) mass is 366 g/mol. The molecule has 0 saturated heterocycles. The summed E-state index contributed by atoms with van der Waals surface area (Å²) in [4.78, 5) is 23.2. The number of carbonyl (C=O) groups excluding carboxylic acids is 2. The van der Waals surface area contributed by atoms with Crippen LogP contribution in [-0.2, 0) is 9.59 Å². The maximum atomic E-state index is 13.0. The molecule has 2 aromatic carbocycles. The molecule has 2 aromatic rings. The van der Waals surface area contributed by atoms with Gasteiger partial charge in [0.2, 0.25) is 0 Å². The molecule has 0 saturated carbocycles.